The molecule has 1 atom stereocenters. The molecule has 0 amide bonds. The molecule has 7 nitrogen and oxygen atoms in total. The third-order valence-electron chi connectivity index (χ3n) is 4.65. The molecule has 0 saturated carbocycles. The number of rotatable bonds is 8. The van der Waals surface area contributed by atoms with Gasteiger partial charge in [0.2, 0.25) is 11.7 Å². The van der Waals surface area contributed by atoms with Crippen molar-refractivity contribution in [3.8, 4) is 17.1 Å². The van der Waals surface area contributed by atoms with E-state index in [4.69, 9.17) is 4.52 Å². The standard InChI is InChI=1S/C20H21F2N3O4S/c1-13(14-8-10-15(11-9-14)30(3,26)27)25(2)12-18-23-19(24-29-18)16-6-4-5-7-17(16)28-20(21)22/h4-11,13,20H,12H2,1-3H3. The van der Waals surface area contributed by atoms with Crippen LogP contribution in [0.2, 0.25) is 0 Å². The van der Waals surface area contributed by atoms with Gasteiger partial charge in [0, 0.05) is 12.3 Å². The van der Waals surface area contributed by atoms with E-state index in [1.165, 1.54) is 6.07 Å². The second-order valence-electron chi connectivity index (χ2n) is 6.82. The number of hydrogen-bond donors (Lipinski definition) is 0. The van der Waals surface area contributed by atoms with Crippen LogP contribution in [0.5, 0.6) is 5.75 Å². The fraction of sp³-hybridized carbons (Fsp3) is 0.300. The number of benzene rings is 2. The van der Waals surface area contributed by atoms with Crippen molar-refractivity contribution in [2.75, 3.05) is 13.3 Å². The molecule has 3 aromatic rings. The quantitative estimate of drug-likeness (QED) is 0.528. The lowest BCUT2D eigenvalue weighted by molar-refractivity contribution is -0.0494. The maximum atomic E-state index is 12.6. The number of nitrogens with zero attached hydrogens (tertiary/aromatic N) is 3. The molecule has 1 unspecified atom stereocenters. The van der Waals surface area contributed by atoms with E-state index in [1.807, 2.05) is 18.9 Å². The Balaban J connectivity index is 1.73. The zero-order valence-corrected chi connectivity index (χ0v) is 17.4. The number of aromatic nitrogens is 2. The van der Waals surface area contributed by atoms with Crippen LogP contribution in [0.1, 0.15) is 24.4 Å². The van der Waals surface area contributed by atoms with Gasteiger partial charge in [-0.2, -0.15) is 13.8 Å². The first kappa shape index (κ1) is 21.8. The molecule has 0 N–H and O–H groups in total. The van der Waals surface area contributed by atoms with E-state index < -0.39 is 16.4 Å². The molecule has 2 aromatic carbocycles. The van der Waals surface area contributed by atoms with Crippen LogP contribution in [0, 0.1) is 0 Å². The third-order valence-corrected chi connectivity index (χ3v) is 5.78. The summed E-state index contributed by atoms with van der Waals surface area (Å²) in [6, 6.07) is 12.8. The molecule has 160 valence electrons. The Morgan fingerprint density at radius 3 is 2.43 bits per heavy atom. The summed E-state index contributed by atoms with van der Waals surface area (Å²) >= 11 is 0. The summed E-state index contributed by atoms with van der Waals surface area (Å²) < 4.78 is 58.2. The summed E-state index contributed by atoms with van der Waals surface area (Å²) in [7, 11) is -1.40. The van der Waals surface area contributed by atoms with Crippen LogP contribution >= 0.6 is 0 Å². The van der Waals surface area contributed by atoms with Gasteiger partial charge in [0.1, 0.15) is 5.75 Å². The first-order chi connectivity index (χ1) is 14.1. The molecule has 0 aliphatic carbocycles. The fourth-order valence-corrected chi connectivity index (χ4v) is 3.51. The van der Waals surface area contributed by atoms with Gasteiger partial charge in [0.05, 0.1) is 17.0 Å². The highest BCUT2D eigenvalue weighted by molar-refractivity contribution is 7.90. The summed E-state index contributed by atoms with van der Waals surface area (Å²) in [5, 5.41) is 3.87. The summed E-state index contributed by atoms with van der Waals surface area (Å²) in [4.78, 5) is 6.48. The average molecular weight is 437 g/mol. The molecule has 3 rings (SSSR count). The lowest BCUT2D eigenvalue weighted by Gasteiger charge is -2.23. The molecule has 0 aliphatic rings. The first-order valence-corrected chi connectivity index (χ1v) is 10.9. The maximum absolute atomic E-state index is 12.6. The van der Waals surface area contributed by atoms with Crippen LogP contribution in [0.25, 0.3) is 11.4 Å². The second kappa shape index (κ2) is 8.88. The molecule has 0 bridgehead atoms. The molecule has 1 heterocycles. The summed E-state index contributed by atoms with van der Waals surface area (Å²) in [6.45, 7) is -0.697. The van der Waals surface area contributed by atoms with E-state index in [-0.39, 0.29) is 22.5 Å². The molecule has 0 spiro atoms. The molecule has 0 radical (unpaired) electrons. The van der Waals surface area contributed by atoms with Crippen molar-refractivity contribution in [2.24, 2.45) is 0 Å². The predicted molar refractivity (Wildman–Crippen MR) is 106 cm³/mol. The van der Waals surface area contributed by atoms with E-state index in [9.17, 15) is 17.2 Å². The molecule has 0 fully saturated rings. The van der Waals surface area contributed by atoms with Crippen molar-refractivity contribution in [2.45, 2.75) is 31.0 Å². The van der Waals surface area contributed by atoms with Gasteiger partial charge in [-0.05, 0) is 43.8 Å². The molecule has 1 aromatic heterocycles. The largest absolute Gasteiger partial charge is 0.434 e. The van der Waals surface area contributed by atoms with E-state index in [0.717, 1.165) is 11.8 Å². The Labute approximate surface area is 173 Å². The Bertz CT molecular complexity index is 1100. The highest BCUT2D eigenvalue weighted by Crippen LogP contribution is 2.29. The third kappa shape index (κ3) is 5.19. The minimum absolute atomic E-state index is 0.0347. The second-order valence-corrected chi connectivity index (χ2v) is 8.83. The number of hydrogen-bond acceptors (Lipinski definition) is 7. The van der Waals surface area contributed by atoms with Crippen molar-refractivity contribution >= 4 is 9.84 Å². The Hall–Kier alpha value is -2.85. The lowest BCUT2D eigenvalue weighted by Crippen LogP contribution is -2.22. The van der Waals surface area contributed by atoms with Gasteiger partial charge < -0.3 is 9.26 Å². The molecular weight excluding hydrogens is 416 g/mol. The van der Waals surface area contributed by atoms with Crippen LogP contribution in [-0.4, -0.2) is 43.4 Å². The Kier molecular flexibility index (Phi) is 6.47. The summed E-state index contributed by atoms with van der Waals surface area (Å²) in [5.41, 5.74) is 1.22. The van der Waals surface area contributed by atoms with Gasteiger partial charge in [-0.25, -0.2) is 8.42 Å². The van der Waals surface area contributed by atoms with Crippen molar-refractivity contribution in [3.63, 3.8) is 0 Å². The van der Waals surface area contributed by atoms with Crippen LogP contribution in [0.4, 0.5) is 8.78 Å². The molecule has 0 aliphatic heterocycles. The predicted octanol–water partition coefficient (Wildman–Crippen LogP) is 3.93. The number of alkyl halides is 2. The fourth-order valence-electron chi connectivity index (χ4n) is 2.88. The average Bonchev–Trinajstić information content (AvgIpc) is 3.15. The zero-order valence-electron chi connectivity index (χ0n) is 16.6. The van der Waals surface area contributed by atoms with Crippen molar-refractivity contribution in [3.05, 3.63) is 60.0 Å². The van der Waals surface area contributed by atoms with Gasteiger partial charge in [-0.1, -0.05) is 29.4 Å². The minimum atomic E-state index is -3.25. The zero-order chi connectivity index (χ0) is 21.9. The van der Waals surface area contributed by atoms with E-state index in [1.54, 1.807) is 42.5 Å². The topological polar surface area (TPSA) is 85.5 Å². The van der Waals surface area contributed by atoms with Gasteiger partial charge in [0.25, 0.3) is 0 Å². The minimum Gasteiger partial charge on any atom is -0.434 e. The SMILES string of the molecule is CC(c1ccc(S(C)(=O)=O)cc1)N(C)Cc1nc(-c2ccccc2OC(F)F)no1. The van der Waals surface area contributed by atoms with Crippen LogP contribution in [0.15, 0.2) is 57.9 Å². The van der Waals surface area contributed by atoms with Gasteiger partial charge in [0.15, 0.2) is 9.84 Å². The number of ether oxygens (including phenoxy) is 1. The van der Waals surface area contributed by atoms with Gasteiger partial charge >= 0.3 is 6.61 Å². The molecule has 30 heavy (non-hydrogen) atoms. The smallest absolute Gasteiger partial charge is 0.387 e. The Morgan fingerprint density at radius 2 is 1.80 bits per heavy atom. The monoisotopic (exact) mass is 437 g/mol. The van der Waals surface area contributed by atoms with Crippen molar-refractivity contribution < 1.29 is 26.5 Å². The van der Waals surface area contributed by atoms with Crippen molar-refractivity contribution in [1.29, 1.82) is 0 Å². The number of sulfone groups is 1. The molecule has 0 saturated heterocycles. The van der Waals surface area contributed by atoms with Crippen LogP contribution < -0.4 is 4.74 Å². The number of halogens is 2. The highest BCUT2D eigenvalue weighted by atomic mass is 32.2. The van der Waals surface area contributed by atoms with E-state index in [2.05, 4.69) is 14.9 Å². The van der Waals surface area contributed by atoms with Crippen molar-refractivity contribution in [1.82, 2.24) is 15.0 Å². The summed E-state index contributed by atoms with van der Waals surface area (Å²) in [5.74, 6) is 0.423. The maximum Gasteiger partial charge on any atom is 0.387 e. The van der Waals surface area contributed by atoms with Gasteiger partial charge in [-0.15, -0.1) is 0 Å². The Morgan fingerprint density at radius 1 is 1.13 bits per heavy atom. The lowest BCUT2D eigenvalue weighted by atomic mass is 10.1. The van der Waals surface area contributed by atoms with Crippen LogP contribution in [0.3, 0.4) is 0 Å². The molecule has 10 heteroatoms. The molecular formula is C20H21F2N3O4S. The highest BCUT2D eigenvalue weighted by Gasteiger charge is 2.19. The van der Waals surface area contributed by atoms with Gasteiger partial charge in [-0.3, -0.25) is 4.90 Å². The van der Waals surface area contributed by atoms with Crippen LogP contribution in [-0.2, 0) is 16.4 Å². The number of para-hydroxylation sites is 1. The summed E-state index contributed by atoms with van der Waals surface area (Å²) in [6.07, 6.45) is 1.16. The van der Waals surface area contributed by atoms with E-state index >= 15 is 0 Å². The first-order valence-electron chi connectivity index (χ1n) is 9.02. The normalized spacial score (nSPS) is 13.0. The van der Waals surface area contributed by atoms with E-state index in [0.29, 0.717) is 18.0 Å².